The average Bonchev–Trinajstić information content (AvgIpc) is 3.53. The Morgan fingerprint density at radius 3 is 2.61 bits per heavy atom. The zero-order valence-electron chi connectivity index (χ0n) is 17.6. The van der Waals surface area contributed by atoms with E-state index >= 15 is 0 Å². The summed E-state index contributed by atoms with van der Waals surface area (Å²) in [5.41, 5.74) is 2.17. The third kappa shape index (κ3) is 3.84. The molecule has 2 aromatic carbocycles. The minimum atomic E-state index is -0.344. The molecule has 0 aliphatic heterocycles. The van der Waals surface area contributed by atoms with Crippen LogP contribution in [0.2, 0.25) is 0 Å². The highest BCUT2D eigenvalue weighted by molar-refractivity contribution is 7.98. The molecule has 0 atom stereocenters. The van der Waals surface area contributed by atoms with Crippen LogP contribution in [0.5, 0.6) is 0 Å². The van der Waals surface area contributed by atoms with Gasteiger partial charge in [0.05, 0.1) is 17.1 Å². The summed E-state index contributed by atoms with van der Waals surface area (Å²) in [5.74, 6) is 0.669. The summed E-state index contributed by atoms with van der Waals surface area (Å²) in [5, 5.41) is 16.2. The summed E-state index contributed by atoms with van der Waals surface area (Å²) in [4.78, 5) is 17.6. The first-order valence-corrected chi connectivity index (χ1v) is 10.9. The van der Waals surface area contributed by atoms with Crippen LogP contribution in [-0.2, 0) is 12.8 Å². The van der Waals surface area contributed by atoms with Crippen molar-refractivity contribution in [2.75, 3.05) is 0 Å². The van der Waals surface area contributed by atoms with Gasteiger partial charge in [0.15, 0.2) is 11.5 Å². The molecular formula is C21H17FN8O2S. The van der Waals surface area contributed by atoms with E-state index in [1.54, 1.807) is 28.5 Å². The molecule has 12 heteroatoms. The van der Waals surface area contributed by atoms with Gasteiger partial charge in [0.25, 0.3) is 11.4 Å². The molecule has 0 fully saturated rings. The van der Waals surface area contributed by atoms with Gasteiger partial charge in [-0.05, 0) is 53.7 Å². The molecule has 10 nitrogen and oxygen atoms in total. The Hall–Kier alpha value is -4.06. The second-order valence-electron chi connectivity index (χ2n) is 7.09. The molecule has 0 saturated heterocycles. The van der Waals surface area contributed by atoms with Gasteiger partial charge in [-0.3, -0.25) is 9.48 Å². The quantitative estimate of drug-likeness (QED) is 0.353. The zero-order valence-corrected chi connectivity index (χ0v) is 18.4. The van der Waals surface area contributed by atoms with Crippen LogP contribution in [0.1, 0.15) is 11.5 Å². The molecule has 0 bridgehead atoms. The minimum Gasteiger partial charge on any atom is -0.334 e. The second-order valence-corrected chi connectivity index (χ2v) is 8.04. The maximum absolute atomic E-state index is 13.3. The number of thioether (sulfide) groups is 1. The van der Waals surface area contributed by atoms with Crippen molar-refractivity contribution in [3.05, 3.63) is 82.3 Å². The molecule has 0 saturated carbocycles. The molecular weight excluding hydrogens is 447 g/mol. The lowest BCUT2D eigenvalue weighted by molar-refractivity contribution is 0.425. The highest BCUT2D eigenvalue weighted by Gasteiger charge is 2.22. The third-order valence-corrected chi connectivity index (χ3v) is 5.98. The number of benzene rings is 2. The Morgan fingerprint density at radius 1 is 1.09 bits per heavy atom. The van der Waals surface area contributed by atoms with E-state index in [4.69, 9.17) is 4.52 Å². The van der Waals surface area contributed by atoms with E-state index in [0.717, 1.165) is 5.69 Å². The normalized spacial score (nSPS) is 11.2. The van der Waals surface area contributed by atoms with E-state index in [1.807, 2.05) is 37.3 Å². The van der Waals surface area contributed by atoms with Crippen molar-refractivity contribution >= 4 is 11.8 Å². The third-order valence-electron chi connectivity index (χ3n) is 5.07. The summed E-state index contributed by atoms with van der Waals surface area (Å²) in [6, 6.07) is 15.1. The lowest BCUT2D eigenvalue weighted by Crippen LogP contribution is -2.22. The maximum atomic E-state index is 13.3. The monoisotopic (exact) mass is 464 g/mol. The number of halogens is 1. The molecule has 3 aromatic heterocycles. The van der Waals surface area contributed by atoms with Crippen LogP contribution in [0, 0.1) is 12.7 Å². The molecule has 33 heavy (non-hydrogen) atoms. The van der Waals surface area contributed by atoms with Gasteiger partial charge < -0.3 is 4.52 Å². The van der Waals surface area contributed by atoms with Crippen LogP contribution in [0.15, 0.2) is 69.1 Å². The van der Waals surface area contributed by atoms with E-state index in [-0.39, 0.29) is 17.3 Å². The summed E-state index contributed by atoms with van der Waals surface area (Å²) in [6.45, 7) is 1.83. The standard InChI is InChI=1S/C21H17FN8O2S/c1-13-18(20(31)30(28(13)2)16-6-4-3-5-7-16)29-21(24-26-27-29)33-12-17-23-19(32-25-17)14-8-10-15(22)11-9-14/h3-11H,12H2,1-2H3. The lowest BCUT2D eigenvalue weighted by atomic mass is 10.2. The van der Waals surface area contributed by atoms with Crippen molar-refractivity contribution in [1.82, 2.24) is 39.7 Å². The SMILES string of the molecule is Cc1c(-n2nnnc2SCc2noc(-c3ccc(F)cc3)n2)c(=O)n(-c2ccccc2)n1C. The Labute approximate surface area is 190 Å². The van der Waals surface area contributed by atoms with Crippen molar-refractivity contribution in [1.29, 1.82) is 0 Å². The molecule has 0 unspecified atom stereocenters. The van der Waals surface area contributed by atoms with E-state index in [1.165, 1.54) is 28.6 Å². The van der Waals surface area contributed by atoms with Gasteiger partial charge in [-0.15, -0.1) is 5.10 Å². The molecule has 0 N–H and O–H groups in total. The molecule has 3 heterocycles. The predicted molar refractivity (Wildman–Crippen MR) is 118 cm³/mol. The molecule has 0 spiro atoms. The molecule has 0 aliphatic rings. The highest BCUT2D eigenvalue weighted by Crippen LogP contribution is 2.24. The Balaban J connectivity index is 1.41. The first-order chi connectivity index (χ1) is 16.0. The first-order valence-electron chi connectivity index (χ1n) is 9.87. The van der Waals surface area contributed by atoms with Gasteiger partial charge in [0, 0.05) is 12.6 Å². The number of para-hydroxylation sites is 1. The Bertz CT molecular complexity index is 1470. The van der Waals surface area contributed by atoms with Crippen LogP contribution in [-0.4, -0.2) is 39.7 Å². The van der Waals surface area contributed by atoms with Crippen molar-refractivity contribution in [3.63, 3.8) is 0 Å². The Morgan fingerprint density at radius 2 is 1.85 bits per heavy atom. The maximum Gasteiger partial charge on any atom is 0.297 e. The topological polar surface area (TPSA) is 109 Å². The summed E-state index contributed by atoms with van der Waals surface area (Å²) in [7, 11) is 1.81. The lowest BCUT2D eigenvalue weighted by Gasteiger charge is -2.07. The second kappa shape index (κ2) is 8.47. The van der Waals surface area contributed by atoms with Crippen LogP contribution < -0.4 is 5.56 Å². The fourth-order valence-corrected chi connectivity index (χ4v) is 4.08. The fraction of sp³-hybridized carbons (Fsp3) is 0.143. The van der Waals surface area contributed by atoms with Gasteiger partial charge in [0.2, 0.25) is 5.16 Å². The number of tetrazole rings is 1. The van der Waals surface area contributed by atoms with Crippen LogP contribution >= 0.6 is 11.8 Å². The Kier molecular flexibility index (Phi) is 5.34. The zero-order chi connectivity index (χ0) is 22.9. The van der Waals surface area contributed by atoms with Gasteiger partial charge in [0.1, 0.15) is 5.82 Å². The van der Waals surface area contributed by atoms with Gasteiger partial charge in [-0.2, -0.15) is 9.67 Å². The number of hydrogen-bond acceptors (Lipinski definition) is 8. The van der Waals surface area contributed by atoms with Crippen molar-refractivity contribution in [2.24, 2.45) is 7.05 Å². The number of aromatic nitrogens is 8. The first kappa shape index (κ1) is 20.8. The molecule has 0 radical (unpaired) electrons. The summed E-state index contributed by atoms with van der Waals surface area (Å²) >= 11 is 1.27. The van der Waals surface area contributed by atoms with Crippen molar-refractivity contribution in [3.8, 4) is 22.8 Å². The molecule has 0 aliphatic carbocycles. The van der Waals surface area contributed by atoms with Crippen LogP contribution in [0.4, 0.5) is 4.39 Å². The van der Waals surface area contributed by atoms with Crippen molar-refractivity contribution in [2.45, 2.75) is 17.8 Å². The fourth-order valence-electron chi connectivity index (χ4n) is 3.36. The minimum absolute atomic E-state index is 0.242. The molecule has 0 amide bonds. The van der Waals surface area contributed by atoms with Gasteiger partial charge >= 0.3 is 0 Å². The average molecular weight is 464 g/mol. The van der Waals surface area contributed by atoms with Crippen molar-refractivity contribution < 1.29 is 8.91 Å². The smallest absolute Gasteiger partial charge is 0.297 e. The van der Waals surface area contributed by atoms with E-state index in [0.29, 0.717) is 33.7 Å². The highest BCUT2D eigenvalue weighted by atomic mass is 32.2. The van der Waals surface area contributed by atoms with Gasteiger partial charge in [-0.1, -0.05) is 35.1 Å². The molecule has 5 rings (SSSR count). The largest absolute Gasteiger partial charge is 0.334 e. The van der Waals surface area contributed by atoms with Crippen LogP contribution in [0.3, 0.4) is 0 Å². The van der Waals surface area contributed by atoms with E-state index in [2.05, 4.69) is 25.7 Å². The summed E-state index contributed by atoms with van der Waals surface area (Å²) in [6.07, 6.45) is 0. The van der Waals surface area contributed by atoms with Gasteiger partial charge in [-0.25, -0.2) is 9.07 Å². The summed E-state index contributed by atoms with van der Waals surface area (Å²) < 4.78 is 23.1. The van der Waals surface area contributed by atoms with Crippen LogP contribution in [0.25, 0.3) is 22.8 Å². The number of nitrogens with zero attached hydrogens (tertiary/aromatic N) is 8. The predicted octanol–water partition coefficient (Wildman–Crippen LogP) is 2.94. The molecule has 166 valence electrons. The van der Waals surface area contributed by atoms with E-state index in [9.17, 15) is 9.18 Å². The number of rotatable bonds is 6. The molecule has 5 aromatic rings. The number of hydrogen-bond donors (Lipinski definition) is 0. The van der Waals surface area contributed by atoms with E-state index < -0.39 is 0 Å².